The summed E-state index contributed by atoms with van der Waals surface area (Å²) in [6, 6.07) is 10.8. The van der Waals surface area contributed by atoms with Crippen LogP contribution in [0.15, 0.2) is 53.4 Å². The van der Waals surface area contributed by atoms with Crippen LogP contribution in [0.1, 0.15) is 20.7 Å². The summed E-state index contributed by atoms with van der Waals surface area (Å²) >= 11 is 0. The number of para-hydroxylation sites is 1. The van der Waals surface area contributed by atoms with Gasteiger partial charge in [-0.25, -0.2) is 18.0 Å². The number of carboxylic acid groups (broad SMARTS) is 1. The van der Waals surface area contributed by atoms with E-state index in [0.717, 1.165) is 6.07 Å². The first-order valence-electron chi connectivity index (χ1n) is 6.38. The van der Waals surface area contributed by atoms with Crippen molar-refractivity contribution in [2.75, 3.05) is 11.8 Å². The second-order valence-electron chi connectivity index (χ2n) is 4.48. The Hall–Kier alpha value is -2.87. The van der Waals surface area contributed by atoms with Crippen molar-refractivity contribution in [2.45, 2.75) is 4.90 Å². The summed E-state index contributed by atoms with van der Waals surface area (Å²) in [6.45, 7) is 0. The van der Waals surface area contributed by atoms with Gasteiger partial charge in [0.2, 0.25) is 0 Å². The normalized spacial score (nSPS) is 10.8. The maximum Gasteiger partial charge on any atom is 0.339 e. The minimum Gasteiger partial charge on any atom is -0.478 e. The summed E-state index contributed by atoms with van der Waals surface area (Å²) in [7, 11) is -2.87. The zero-order valence-electron chi connectivity index (χ0n) is 12.0. The van der Waals surface area contributed by atoms with Crippen LogP contribution in [0.5, 0.6) is 0 Å². The minimum absolute atomic E-state index is 0.0417. The zero-order chi connectivity index (χ0) is 17.0. The molecule has 2 rings (SSSR count). The fourth-order valence-electron chi connectivity index (χ4n) is 1.86. The molecule has 0 aromatic heterocycles. The highest BCUT2D eigenvalue weighted by Crippen LogP contribution is 2.21. The molecular formula is C15H13NO6S. The number of rotatable bonds is 5. The second kappa shape index (κ2) is 6.49. The largest absolute Gasteiger partial charge is 0.478 e. The molecule has 2 N–H and O–H groups in total. The molecule has 0 unspecified atom stereocenters. The molecule has 7 nitrogen and oxygen atoms in total. The molecule has 0 aliphatic carbocycles. The van der Waals surface area contributed by atoms with Crippen molar-refractivity contribution in [2.24, 2.45) is 0 Å². The molecule has 0 bridgehead atoms. The van der Waals surface area contributed by atoms with E-state index in [1.807, 2.05) is 0 Å². The Balaban J connectivity index is 2.42. The maximum absolute atomic E-state index is 12.4. The van der Waals surface area contributed by atoms with Crippen molar-refractivity contribution < 1.29 is 27.9 Å². The number of hydrogen-bond donors (Lipinski definition) is 2. The first-order chi connectivity index (χ1) is 10.8. The Morgan fingerprint density at radius 2 is 1.78 bits per heavy atom. The van der Waals surface area contributed by atoms with Crippen molar-refractivity contribution in [1.82, 2.24) is 0 Å². The number of hydrogen-bond acceptors (Lipinski definition) is 5. The summed E-state index contributed by atoms with van der Waals surface area (Å²) in [4.78, 5) is 22.4. The number of benzene rings is 2. The molecule has 2 aromatic rings. The first kappa shape index (κ1) is 16.5. The number of ether oxygens (including phenoxy) is 1. The van der Waals surface area contributed by atoms with Crippen LogP contribution in [0.2, 0.25) is 0 Å². The van der Waals surface area contributed by atoms with E-state index in [-0.39, 0.29) is 21.7 Å². The molecule has 23 heavy (non-hydrogen) atoms. The molecule has 8 heteroatoms. The SMILES string of the molecule is COC(=O)c1ccccc1NS(=O)(=O)c1cccc(C(=O)O)c1. The molecule has 0 saturated heterocycles. The lowest BCUT2D eigenvalue weighted by Gasteiger charge is -2.11. The van der Waals surface area contributed by atoms with Crippen LogP contribution in [-0.2, 0) is 14.8 Å². The summed E-state index contributed by atoms with van der Waals surface area (Å²) < 4.78 is 31.6. The van der Waals surface area contributed by atoms with Gasteiger partial charge in [0.25, 0.3) is 10.0 Å². The number of anilines is 1. The van der Waals surface area contributed by atoms with E-state index in [9.17, 15) is 18.0 Å². The van der Waals surface area contributed by atoms with Gasteiger partial charge < -0.3 is 9.84 Å². The fraction of sp³-hybridized carbons (Fsp3) is 0.0667. The zero-order valence-corrected chi connectivity index (χ0v) is 12.8. The average molecular weight is 335 g/mol. The van der Waals surface area contributed by atoms with Crippen molar-refractivity contribution in [3.8, 4) is 0 Å². The highest BCUT2D eigenvalue weighted by Gasteiger charge is 2.20. The Kier molecular flexibility index (Phi) is 4.65. The van der Waals surface area contributed by atoms with Crippen LogP contribution in [0.3, 0.4) is 0 Å². The fourth-order valence-corrected chi connectivity index (χ4v) is 2.99. The van der Waals surface area contributed by atoms with E-state index < -0.39 is 22.0 Å². The monoisotopic (exact) mass is 335 g/mol. The highest BCUT2D eigenvalue weighted by molar-refractivity contribution is 7.92. The number of methoxy groups -OCH3 is 1. The minimum atomic E-state index is -4.05. The number of aromatic carboxylic acids is 1. The average Bonchev–Trinajstić information content (AvgIpc) is 2.54. The quantitative estimate of drug-likeness (QED) is 0.809. The molecule has 0 radical (unpaired) electrons. The Bertz CT molecular complexity index is 860. The predicted octanol–water partition coefficient (Wildman–Crippen LogP) is 1.97. The van der Waals surface area contributed by atoms with E-state index in [4.69, 9.17) is 5.11 Å². The summed E-state index contributed by atoms with van der Waals surface area (Å²) in [5, 5.41) is 8.94. The van der Waals surface area contributed by atoms with Gasteiger partial charge in [-0.05, 0) is 30.3 Å². The van der Waals surface area contributed by atoms with Crippen molar-refractivity contribution in [3.05, 3.63) is 59.7 Å². The van der Waals surface area contributed by atoms with Crippen LogP contribution in [0.4, 0.5) is 5.69 Å². The van der Waals surface area contributed by atoms with Crippen molar-refractivity contribution in [3.63, 3.8) is 0 Å². The number of carbonyl (C=O) groups excluding carboxylic acids is 1. The first-order valence-corrected chi connectivity index (χ1v) is 7.87. The standard InChI is InChI=1S/C15H13NO6S/c1-22-15(19)12-7-2-3-8-13(12)16-23(20,21)11-6-4-5-10(9-11)14(17)18/h2-9,16H,1H3,(H,17,18). The number of nitrogens with one attached hydrogen (secondary N) is 1. The lowest BCUT2D eigenvalue weighted by Crippen LogP contribution is -2.16. The van der Waals surface area contributed by atoms with Crippen LogP contribution < -0.4 is 4.72 Å². The van der Waals surface area contributed by atoms with Gasteiger partial charge in [-0.3, -0.25) is 4.72 Å². The van der Waals surface area contributed by atoms with Gasteiger partial charge in [0.1, 0.15) is 0 Å². The topological polar surface area (TPSA) is 110 Å². The van der Waals surface area contributed by atoms with E-state index in [2.05, 4.69) is 9.46 Å². The Morgan fingerprint density at radius 1 is 1.09 bits per heavy atom. The predicted molar refractivity (Wildman–Crippen MR) is 82.0 cm³/mol. The molecule has 0 aliphatic rings. The summed E-state index contributed by atoms with van der Waals surface area (Å²) in [5.41, 5.74) is -0.0674. The maximum atomic E-state index is 12.4. The van der Waals surface area contributed by atoms with Crippen LogP contribution in [-0.4, -0.2) is 32.6 Å². The van der Waals surface area contributed by atoms with Crippen LogP contribution in [0, 0.1) is 0 Å². The Labute approximate surface area is 132 Å². The molecule has 0 aliphatic heterocycles. The summed E-state index contributed by atoms with van der Waals surface area (Å²) in [5.74, 6) is -1.93. The summed E-state index contributed by atoms with van der Waals surface area (Å²) in [6.07, 6.45) is 0. The molecule has 0 amide bonds. The van der Waals surface area contributed by atoms with Gasteiger partial charge in [0.15, 0.2) is 0 Å². The third-order valence-corrected chi connectivity index (χ3v) is 4.33. The lowest BCUT2D eigenvalue weighted by molar-refractivity contribution is 0.0601. The van der Waals surface area contributed by atoms with E-state index in [0.29, 0.717) is 0 Å². The third kappa shape index (κ3) is 3.67. The van der Waals surface area contributed by atoms with Gasteiger partial charge in [0.05, 0.1) is 28.8 Å². The van der Waals surface area contributed by atoms with Gasteiger partial charge in [-0.15, -0.1) is 0 Å². The van der Waals surface area contributed by atoms with Gasteiger partial charge in [-0.2, -0.15) is 0 Å². The molecule has 0 spiro atoms. The lowest BCUT2D eigenvalue weighted by atomic mass is 10.2. The van der Waals surface area contributed by atoms with Gasteiger partial charge >= 0.3 is 11.9 Å². The Morgan fingerprint density at radius 3 is 2.43 bits per heavy atom. The highest BCUT2D eigenvalue weighted by atomic mass is 32.2. The molecule has 2 aromatic carbocycles. The van der Waals surface area contributed by atoms with Crippen molar-refractivity contribution in [1.29, 1.82) is 0 Å². The molecule has 120 valence electrons. The number of sulfonamides is 1. The molecule has 0 heterocycles. The smallest absolute Gasteiger partial charge is 0.339 e. The molecular weight excluding hydrogens is 322 g/mol. The van der Waals surface area contributed by atoms with E-state index in [1.54, 1.807) is 12.1 Å². The molecule has 0 fully saturated rings. The number of carboxylic acids is 1. The van der Waals surface area contributed by atoms with Crippen molar-refractivity contribution >= 4 is 27.6 Å². The van der Waals surface area contributed by atoms with E-state index in [1.165, 1.54) is 37.4 Å². The molecule has 0 saturated carbocycles. The molecule has 0 atom stereocenters. The number of esters is 1. The van der Waals surface area contributed by atoms with Gasteiger partial charge in [0, 0.05) is 0 Å². The second-order valence-corrected chi connectivity index (χ2v) is 6.16. The van der Waals surface area contributed by atoms with Crippen LogP contribution in [0.25, 0.3) is 0 Å². The van der Waals surface area contributed by atoms with E-state index >= 15 is 0 Å². The third-order valence-electron chi connectivity index (χ3n) is 2.97. The van der Waals surface area contributed by atoms with Gasteiger partial charge in [-0.1, -0.05) is 18.2 Å². The van der Waals surface area contributed by atoms with Crippen LogP contribution >= 0.6 is 0 Å². The number of carbonyl (C=O) groups is 2.